The van der Waals surface area contributed by atoms with Gasteiger partial charge in [-0.15, -0.1) is 0 Å². The first-order chi connectivity index (χ1) is 9.31. The van der Waals surface area contributed by atoms with E-state index in [1.54, 1.807) is 0 Å². The molecular formula is C15H19N3O. The van der Waals surface area contributed by atoms with Crippen LogP contribution in [0.15, 0.2) is 34.9 Å². The number of aromatic nitrogens is 2. The third-order valence-corrected chi connectivity index (χ3v) is 3.79. The number of nitrogens with zero attached hydrogens (tertiary/aromatic N) is 2. The third-order valence-electron chi connectivity index (χ3n) is 3.79. The minimum Gasteiger partial charge on any atom is -0.339 e. The first-order valence-electron chi connectivity index (χ1n) is 6.93. The van der Waals surface area contributed by atoms with Crippen molar-refractivity contribution < 1.29 is 4.52 Å². The van der Waals surface area contributed by atoms with Gasteiger partial charge in [-0.25, -0.2) is 0 Å². The normalized spacial score (nSPS) is 22.8. The van der Waals surface area contributed by atoms with Gasteiger partial charge in [0.2, 0.25) is 5.89 Å². The molecule has 100 valence electrons. The Morgan fingerprint density at radius 2 is 2.00 bits per heavy atom. The molecule has 0 bridgehead atoms. The molecule has 4 heteroatoms. The van der Waals surface area contributed by atoms with E-state index in [0.717, 1.165) is 43.8 Å². The van der Waals surface area contributed by atoms with E-state index in [1.165, 1.54) is 5.56 Å². The van der Waals surface area contributed by atoms with Crippen molar-refractivity contribution in [2.45, 2.75) is 44.1 Å². The summed E-state index contributed by atoms with van der Waals surface area (Å²) in [4.78, 5) is 4.51. The molecule has 1 aromatic carbocycles. The highest BCUT2D eigenvalue weighted by Crippen LogP contribution is 2.32. The highest BCUT2D eigenvalue weighted by atomic mass is 16.5. The van der Waals surface area contributed by atoms with Crippen molar-refractivity contribution in [3.05, 3.63) is 47.6 Å². The zero-order valence-corrected chi connectivity index (χ0v) is 11.0. The van der Waals surface area contributed by atoms with Crippen LogP contribution in [0.25, 0.3) is 0 Å². The molecule has 4 nitrogen and oxygen atoms in total. The van der Waals surface area contributed by atoms with Crippen molar-refractivity contribution in [3.63, 3.8) is 0 Å². The maximum absolute atomic E-state index is 5.91. The molecule has 2 aromatic rings. The molecule has 19 heavy (non-hydrogen) atoms. The molecule has 1 aromatic heterocycles. The maximum Gasteiger partial charge on any atom is 0.229 e. The molecule has 1 fully saturated rings. The van der Waals surface area contributed by atoms with Gasteiger partial charge in [-0.05, 0) is 31.2 Å². The summed E-state index contributed by atoms with van der Waals surface area (Å²) in [6.07, 6.45) is 4.88. The van der Waals surface area contributed by atoms with E-state index in [4.69, 9.17) is 10.3 Å². The van der Waals surface area contributed by atoms with Gasteiger partial charge in [0.25, 0.3) is 0 Å². The maximum atomic E-state index is 5.91. The topological polar surface area (TPSA) is 64.9 Å². The molecule has 0 aliphatic heterocycles. The van der Waals surface area contributed by atoms with Crippen LogP contribution < -0.4 is 5.73 Å². The number of aryl methyl sites for hydroxylation is 2. The van der Waals surface area contributed by atoms with Gasteiger partial charge in [0, 0.05) is 18.4 Å². The number of benzene rings is 1. The molecule has 1 heterocycles. The first-order valence-corrected chi connectivity index (χ1v) is 6.93. The van der Waals surface area contributed by atoms with Crippen molar-refractivity contribution in [1.29, 1.82) is 0 Å². The van der Waals surface area contributed by atoms with E-state index in [-0.39, 0.29) is 0 Å². The van der Waals surface area contributed by atoms with E-state index < -0.39 is 0 Å². The van der Waals surface area contributed by atoms with Crippen LogP contribution in [0.2, 0.25) is 0 Å². The van der Waals surface area contributed by atoms with Gasteiger partial charge >= 0.3 is 0 Å². The van der Waals surface area contributed by atoms with Crippen LogP contribution in [0.1, 0.15) is 42.5 Å². The van der Waals surface area contributed by atoms with Crippen molar-refractivity contribution in [1.82, 2.24) is 10.1 Å². The Kier molecular flexibility index (Phi) is 3.60. The largest absolute Gasteiger partial charge is 0.339 e. The lowest BCUT2D eigenvalue weighted by molar-refractivity contribution is 0.349. The zero-order chi connectivity index (χ0) is 13.1. The average Bonchev–Trinajstić information content (AvgIpc) is 3.06. The fourth-order valence-electron chi connectivity index (χ4n) is 2.68. The predicted molar refractivity (Wildman–Crippen MR) is 72.7 cm³/mol. The van der Waals surface area contributed by atoms with Crippen LogP contribution in [0.4, 0.5) is 0 Å². The summed E-state index contributed by atoms with van der Waals surface area (Å²) >= 11 is 0. The lowest BCUT2D eigenvalue weighted by Crippen LogP contribution is -2.14. The average molecular weight is 257 g/mol. The monoisotopic (exact) mass is 257 g/mol. The second-order valence-corrected chi connectivity index (χ2v) is 5.30. The molecule has 3 rings (SSSR count). The van der Waals surface area contributed by atoms with Crippen molar-refractivity contribution in [2.24, 2.45) is 5.73 Å². The van der Waals surface area contributed by atoms with E-state index in [0.29, 0.717) is 12.0 Å². The minimum absolute atomic E-state index is 0.296. The Morgan fingerprint density at radius 1 is 1.16 bits per heavy atom. The summed E-state index contributed by atoms with van der Waals surface area (Å²) in [5.41, 5.74) is 7.22. The van der Waals surface area contributed by atoms with Crippen molar-refractivity contribution in [3.8, 4) is 0 Å². The molecule has 0 saturated heterocycles. The van der Waals surface area contributed by atoms with Crippen molar-refractivity contribution >= 4 is 0 Å². The van der Waals surface area contributed by atoms with Crippen LogP contribution in [0.3, 0.4) is 0 Å². The number of rotatable bonds is 4. The molecule has 0 unspecified atom stereocenters. The van der Waals surface area contributed by atoms with Crippen LogP contribution in [0, 0.1) is 0 Å². The van der Waals surface area contributed by atoms with Gasteiger partial charge in [0.05, 0.1) is 0 Å². The van der Waals surface area contributed by atoms with Crippen molar-refractivity contribution in [2.75, 3.05) is 0 Å². The molecular weight excluding hydrogens is 238 g/mol. The first kappa shape index (κ1) is 12.4. The fourth-order valence-corrected chi connectivity index (χ4v) is 2.68. The van der Waals surface area contributed by atoms with Crippen LogP contribution in [-0.4, -0.2) is 16.2 Å². The molecule has 0 spiro atoms. The molecule has 1 aliphatic carbocycles. The Hall–Kier alpha value is -1.68. The second kappa shape index (κ2) is 5.53. The van der Waals surface area contributed by atoms with Gasteiger partial charge in [-0.1, -0.05) is 35.5 Å². The molecule has 1 saturated carbocycles. The molecule has 0 amide bonds. The second-order valence-electron chi connectivity index (χ2n) is 5.30. The molecule has 0 radical (unpaired) electrons. The Bertz CT molecular complexity index is 523. The third kappa shape index (κ3) is 3.01. The highest BCUT2D eigenvalue weighted by Gasteiger charge is 2.27. The molecule has 2 atom stereocenters. The van der Waals surface area contributed by atoms with E-state index in [9.17, 15) is 0 Å². The van der Waals surface area contributed by atoms with Crippen LogP contribution in [-0.2, 0) is 12.8 Å². The zero-order valence-electron chi connectivity index (χ0n) is 11.0. The van der Waals surface area contributed by atoms with E-state index >= 15 is 0 Å². The predicted octanol–water partition coefficient (Wildman–Crippen LogP) is 2.45. The van der Waals surface area contributed by atoms with Gasteiger partial charge in [0.15, 0.2) is 5.82 Å². The summed E-state index contributed by atoms with van der Waals surface area (Å²) < 4.78 is 5.37. The SMILES string of the molecule is N[C@H]1CC[C@@H](c2nc(CCc3ccccc3)no2)C1. The Labute approximate surface area is 113 Å². The number of nitrogens with two attached hydrogens (primary N) is 1. The summed E-state index contributed by atoms with van der Waals surface area (Å²) in [7, 11) is 0. The lowest BCUT2D eigenvalue weighted by atomic mass is 10.1. The van der Waals surface area contributed by atoms with E-state index in [1.807, 2.05) is 6.07 Å². The lowest BCUT2D eigenvalue weighted by Gasteiger charge is -2.01. The Balaban J connectivity index is 1.59. The van der Waals surface area contributed by atoms with Crippen LogP contribution in [0.5, 0.6) is 0 Å². The fraction of sp³-hybridized carbons (Fsp3) is 0.467. The molecule has 1 aliphatic rings. The minimum atomic E-state index is 0.296. The summed E-state index contributed by atoms with van der Waals surface area (Å²) in [6, 6.07) is 10.7. The Morgan fingerprint density at radius 3 is 2.74 bits per heavy atom. The number of hydrogen-bond acceptors (Lipinski definition) is 4. The smallest absolute Gasteiger partial charge is 0.229 e. The van der Waals surface area contributed by atoms with Gasteiger partial charge < -0.3 is 10.3 Å². The number of hydrogen-bond donors (Lipinski definition) is 1. The quantitative estimate of drug-likeness (QED) is 0.913. The standard InChI is InChI=1S/C15H19N3O/c16-13-8-7-12(10-13)15-17-14(18-19-15)9-6-11-4-2-1-3-5-11/h1-5,12-13H,6-10,16H2/t12-,13+/m1/s1. The van der Waals surface area contributed by atoms with Crippen LogP contribution >= 0.6 is 0 Å². The summed E-state index contributed by atoms with van der Waals surface area (Å²) in [5, 5.41) is 4.07. The van der Waals surface area contributed by atoms with Gasteiger partial charge in [0.1, 0.15) is 0 Å². The summed E-state index contributed by atoms with van der Waals surface area (Å²) in [5.74, 6) is 1.95. The van der Waals surface area contributed by atoms with E-state index in [2.05, 4.69) is 34.4 Å². The summed E-state index contributed by atoms with van der Waals surface area (Å²) in [6.45, 7) is 0. The highest BCUT2D eigenvalue weighted by molar-refractivity contribution is 5.15. The van der Waals surface area contributed by atoms with Gasteiger partial charge in [-0.3, -0.25) is 0 Å². The molecule has 2 N–H and O–H groups in total. The van der Waals surface area contributed by atoms with Gasteiger partial charge in [-0.2, -0.15) is 4.98 Å².